The van der Waals surface area contributed by atoms with Crippen LogP contribution in [0.2, 0.25) is 0 Å². The Morgan fingerprint density at radius 1 is 1.00 bits per heavy atom. The van der Waals surface area contributed by atoms with Crippen molar-refractivity contribution in [3.05, 3.63) is 70.8 Å². The van der Waals surface area contributed by atoms with Gasteiger partial charge in [0.25, 0.3) is 0 Å². The monoisotopic (exact) mass is 515 g/mol. The maximum absolute atomic E-state index is 13.3. The molecular formula is C23H24F3NO5S2. The zero-order valence-corrected chi connectivity index (χ0v) is 20.4. The first-order valence-electron chi connectivity index (χ1n) is 10.5. The summed E-state index contributed by atoms with van der Waals surface area (Å²) >= 11 is 0. The van der Waals surface area contributed by atoms with Crippen LogP contribution in [0.1, 0.15) is 37.0 Å². The minimum Gasteiger partial charge on any atom is -0.375 e. The molecule has 0 aromatic heterocycles. The van der Waals surface area contributed by atoms with Gasteiger partial charge in [-0.1, -0.05) is 55.8 Å². The first-order chi connectivity index (χ1) is 15.6. The first-order valence-corrected chi connectivity index (χ1v) is 13.4. The van der Waals surface area contributed by atoms with Crippen molar-refractivity contribution in [2.24, 2.45) is 5.92 Å². The number of hydrogen-bond donors (Lipinski definition) is 0. The largest absolute Gasteiger partial charge is 0.534 e. The molecule has 6 nitrogen and oxygen atoms in total. The summed E-state index contributed by atoms with van der Waals surface area (Å²) < 4.78 is 96.3. The number of nitrogens with zero attached hydrogens (tertiary/aromatic N) is 1. The van der Waals surface area contributed by atoms with Crippen LogP contribution in [0.4, 0.5) is 13.2 Å². The average Bonchev–Trinajstić information content (AvgIpc) is 3.12. The molecule has 2 aromatic rings. The molecule has 11 heteroatoms. The van der Waals surface area contributed by atoms with Crippen molar-refractivity contribution in [2.75, 3.05) is 13.1 Å². The van der Waals surface area contributed by atoms with Gasteiger partial charge >= 0.3 is 15.6 Å². The third-order valence-electron chi connectivity index (χ3n) is 6.35. The predicted molar refractivity (Wildman–Crippen MR) is 120 cm³/mol. The zero-order chi connectivity index (χ0) is 25.1. The van der Waals surface area contributed by atoms with Gasteiger partial charge in [0.15, 0.2) is 5.76 Å². The Balaban J connectivity index is 1.87. The normalized spacial score (nSPS) is 21.1. The van der Waals surface area contributed by atoms with E-state index in [4.69, 9.17) is 4.18 Å². The summed E-state index contributed by atoms with van der Waals surface area (Å²) in [5.74, 6) is -0.967. The van der Waals surface area contributed by atoms with Crippen LogP contribution < -0.4 is 0 Å². The highest BCUT2D eigenvalue weighted by Crippen LogP contribution is 2.48. The van der Waals surface area contributed by atoms with E-state index in [1.54, 1.807) is 30.3 Å². The maximum Gasteiger partial charge on any atom is 0.534 e. The minimum atomic E-state index is -5.97. The van der Waals surface area contributed by atoms with Crippen LogP contribution in [0.5, 0.6) is 0 Å². The Kier molecular flexibility index (Phi) is 5.89. The number of fused-ring (bicyclic) bond motifs is 2. The Hall–Kier alpha value is -2.37. The molecule has 0 saturated carbocycles. The number of benzene rings is 2. The van der Waals surface area contributed by atoms with E-state index in [-0.39, 0.29) is 29.1 Å². The van der Waals surface area contributed by atoms with Gasteiger partial charge in [0.05, 0.1) is 4.90 Å². The lowest BCUT2D eigenvalue weighted by Gasteiger charge is -2.28. The summed E-state index contributed by atoms with van der Waals surface area (Å²) in [6.45, 7) is 5.33. The highest BCUT2D eigenvalue weighted by molar-refractivity contribution is 7.89. The van der Waals surface area contributed by atoms with Crippen LogP contribution >= 0.6 is 0 Å². The van der Waals surface area contributed by atoms with Crippen molar-refractivity contribution in [3.8, 4) is 0 Å². The highest BCUT2D eigenvalue weighted by atomic mass is 32.2. The third kappa shape index (κ3) is 4.25. The summed E-state index contributed by atoms with van der Waals surface area (Å²) in [7, 11) is -9.93. The molecule has 4 rings (SSSR count). The van der Waals surface area contributed by atoms with Crippen molar-refractivity contribution in [2.45, 2.75) is 43.0 Å². The molecule has 1 fully saturated rings. The van der Waals surface area contributed by atoms with E-state index in [0.29, 0.717) is 12.0 Å². The van der Waals surface area contributed by atoms with Crippen molar-refractivity contribution < 1.29 is 34.2 Å². The molecule has 1 unspecified atom stereocenters. The average molecular weight is 516 g/mol. The second kappa shape index (κ2) is 8.10. The SMILES string of the molecule is Cc1ccc(S(=O)(=O)N2CC3=C(OS(=O)(=O)C(F)(F)F)c4ccccc4C(C)(C)CC3C2)cc1. The van der Waals surface area contributed by atoms with Gasteiger partial charge in [-0.3, -0.25) is 0 Å². The number of hydrogen-bond acceptors (Lipinski definition) is 5. The van der Waals surface area contributed by atoms with E-state index in [1.807, 2.05) is 20.8 Å². The van der Waals surface area contributed by atoms with E-state index >= 15 is 0 Å². The van der Waals surface area contributed by atoms with Crippen LogP contribution in [0, 0.1) is 12.8 Å². The van der Waals surface area contributed by atoms with E-state index < -0.39 is 42.7 Å². The van der Waals surface area contributed by atoms with E-state index in [9.17, 15) is 30.0 Å². The molecule has 2 aliphatic rings. The second-order valence-corrected chi connectivity index (χ2v) is 12.8. The molecular weight excluding hydrogens is 491 g/mol. The maximum atomic E-state index is 13.3. The van der Waals surface area contributed by atoms with Crippen molar-refractivity contribution in [1.82, 2.24) is 4.31 Å². The van der Waals surface area contributed by atoms with Crippen molar-refractivity contribution in [3.63, 3.8) is 0 Å². The third-order valence-corrected chi connectivity index (χ3v) is 9.13. The summed E-state index contributed by atoms with van der Waals surface area (Å²) in [5.41, 5.74) is -4.26. The molecule has 0 spiro atoms. The summed E-state index contributed by atoms with van der Waals surface area (Å²) in [6.07, 6.45) is 0.401. The fourth-order valence-electron chi connectivity index (χ4n) is 4.65. The molecule has 0 amide bonds. The van der Waals surface area contributed by atoms with Gasteiger partial charge in [0.1, 0.15) is 0 Å². The Morgan fingerprint density at radius 2 is 1.62 bits per heavy atom. The standard InChI is InChI=1S/C23H24F3NO5S2/c1-15-8-10-17(11-9-15)33(28,29)27-13-16-12-22(2,3)20-7-5-4-6-18(20)21(19(16)14-27)32-34(30,31)23(24,25)26/h4-11,16H,12-14H2,1-3H3. The van der Waals surface area contributed by atoms with Crippen LogP contribution in [-0.4, -0.2) is 39.7 Å². The first kappa shape index (κ1) is 24.7. The molecule has 1 aliphatic carbocycles. The van der Waals surface area contributed by atoms with Gasteiger partial charge in [0.2, 0.25) is 10.0 Å². The quantitative estimate of drug-likeness (QED) is 0.440. The molecule has 184 valence electrons. The number of halogens is 3. The highest BCUT2D eigenvalue weighted by Gasteiger charge is 2.51. The second-order valence-electron chi connectivity index (χ2n) is 9.28. The number of sulfonamides is 1. The van der Waals surface area contributed by atoms with Crippen molar-refractivity contribution >= 4 is 25.9 Å². The smallest absolute Gasteiger partial charge is 0.375 e. The van der Waals surface area contributed by atoms with E-state index in [0.717, 1.165) is 5.56 Å². The number of rotatable bonds is 4. The van der Waals surface area contributed by atoms with Gasteiger partial charge in [-0.05, 0) is 47.9 Å². The van der Waals surface area contributed by atoms with Gasteiger partial charge in [-0.25, -0.2) is 8.42 Å². The van der Waals surface area contributed by atoms with Gasteiger partial charge in [0, 0.05) is 18.7 Å². The van der Waals surface area contributed by atoms with Crippen LogP contribution in [-0.2, 0) is 29.7 Å². The Morgan fingerprint density at radius 3 is 2.24 bits per heavy atom. The molecule has 0 N–H and O–H groups in total. The Labute approximate surface area is 197 Å². The molecule has 1 aliphatic heterocycles. The lowest BCUT2D eigenvalue weighted by molar-refractivity contribution is -0.0509. The predicted octanol–water partition coefficient (Wildman–Crippen LogP) is 4.57. The van der Waals surface area contributed by atoms with Gasteiger partial charge < -0.3 is 4.18 Å². The molecule has 34 heavy (non-hydrogen) atoms. The van der Waals surface area contributed by atoms with Crippen LogP contribution in [0.25, 0.3) is 5.76 Å². The van der Waals surface area contributed by atoms with Gasteiger partial charge in [-0.15, -0.1) is 0 Å². The lowest BCUT2D eigenvalue weighted by atomic mass is 9.77. The summed E-state index contributed by atoms with van der Waals surface area (Å²) in [6, 6.07) is 12.8. The van der Waals surface area contributed by atoms with E-state index in [1.165, 1.54) is 22.5 Å². The molecule has 2 aromatic carbocycles. The molecule has 0 radical (unpaired) electrons. The fourth-order valence-corrected chi connectivity index (χ4v) is 6.63. The van der Waals surface area contributed by atoms with Crippen LogP contribution in [0.15, 0.2) is 59.0 Å². The Bertz CT molecular complexity index is 1360. The topological polar surface area (TPSA) is 80.8 Å². The van der Waals surface area contributed by atoms with E-state index in [2.05, 4.69) is 0 Å². The van der Waals surface area contributed by atoms with Crippen LogP contribution in [0.3, 0.4) is 0 Å². The molecule has 1 saturated heterocycles. The summed E-state index contributed by atoms with van der Waals surface area (Å²) in [5, 5.41) is 0. The minimum absolute atomic E-state index is 0.00187. The van der Waals surface area contributed by atoms with Gasteiger partial charge in [-0.2, -0.15) is 25.9 Å². The summed E-state index contributed by atoms with van der Waals surface area (Å²) in [4.78, 5) is 0.0557. The fraction of sp³-hybridized carbons (Fsp3) is 0.391. The van der Waals surface area contributed by atoms with Crippen molar-refractivity contribution in [1.29, 1.82) is 0 Å². The zero-order valence-electron chi connectivity index (χ0n) is 18.8. The number of aryl methyl sites for hydroxylation is 1. The number of alkyl halides is 3. The molecule has 0 bridgehead atoms. The molecule has 1 heterocycles. The molecule has 1 atom stereocenters. The lowest BCUT2D eigenvalue weighted by Crippen LogP contribution is -2.30.